The summed E-state index contributed by atoms with van der Waals surface area (Å²) in [5.74, 6) is 0.843. The summed E-state index contributed by atoms with van der Waals surface area (Å²) in [5.41, 5.74) is 0.643. The quantitative estimate of drug-likeness (QED) is 0.861. The number of amides is 2. The molecule has 1 N–H and O–H groups in total. The van der Waals surface area contributed by atoms with Gasteiger partial charge in [-0.05, 0) is 30.3 Å². The Balaban J connectivity index is 1.66. The molecule has 0 aliphatic carbocycles. The summed E-state index contributed by atoms with van der Waals surface area (Å²) >= 11 is 5.97. The second-order valence-corrected chi connectivity index (χ2v) is 6.51. The molecule has 1 aromatic heterocycles. The fourth-order valence-electron chi connectivity index (χ4n) is 2.83. The van der Waals surface area contributed by atoms with E-state index in [0.717, 1.165) is 0 Å². The first-order chi connectivity index (χ1) is 13.0. The van der Waals surface area contributed by atoms with Gasteiger partial charge in [0, 0.05) is 38.1 Å². The molecule has 2 amide bonds. The van der Waals surface area contributed by atoms with Crippen molar-refractivity contribution in [3.63, 3.8) is 0 Å². The van der Waals surface area contributed by atoms with Crippen molar-refractivity contribution in [1.82, 2.24) is 15.1 Å². The van der Waals surface area contributed by atoms with Crippen LogP contribution in [0.3, 0.4) is 0 Å². The van der Waals surface area contributed by atoms with Crippen molar-refractivity contribution in [1.29, 1.82) is 0 Å². The first-order valence-electron chi connectivity index (χ1n) is 8.47. The van der Waals surface area contributed by atoms with E-state index in [1.165, 1.54) is 7.11 Å². The Hall–Kier alpha value is -2.87. The van der Waals surface area contributed by atoms with Crippen LogP contribution in [0.15, 0.2) is 30.3 Å². The fourth-order valence-corrected chi connectivity index (χ4v) is 3.00. The number of carbonyl (C=O) groups is 2. The number of benzene rings is 1. The van der Waals surface area contributed by atoms with Crippen LogP contribution in [0, 0.1) is 0 Å². The molecule has 0 atom stereocenters. The van der Waals surface area contributed by atoms with Crippen LogP contribution in [-0.2, 0) is 4.79 Å². The number of aromatic nitrogens is 2. The maximum absolute atomic E-state index is 12.4. The Labute approximate surface area is 162 Å². The van der Waals surface area contributed by atoms with E-state index in [1.54, 1.807) is 42.2 Å². The highest BCUT2D eigenvalue weighted by atomic mass is 35.5. The smallest absolute Gasteiger partial charge is 0.276 e. The van der Waals surface area contributed by atoms with E-state index in [-0.39, 0.29) is 11.6 Å². The summed E-state index contributed by atoms with van der Waals surface area (Å²) in [6.07, 6.45) is 0. The highest BCUT2D eigenvalue weighted by Crippen LogP contribution is 2.28. The standard InChI is InChI=1S/C18H20ClN5O3/c1-12(25)23-7-9-24(10-8-23)17-6-4-14(21-22-17)18(26)20-15-11-13(19)3-5-16(15)27-2/h3-6,11H,7-10H2,1-2H3,(H,20,26). The van der Waals surface area contributed by atoms with Gasteiger partial charge >= 0.3 is 0 Å². The zero-order valence-corrected chi connectivity index (χ0v) is 15.9. The van der Waals surface area contributed by atoms with Crippen LogP contribution >= 0.6 is 11.6 Å². The summed E-state index contributed by atoms with van der Waals surface area (Å²) in [5, 5.41) is 11.4. The number of rotatable bonds is 4. The predicted molar refractivity (Wildman–Crippen MR) is 102 cm³/mol. The van der Waals surface area contributed by atoms with Gasteiger partial charge in [-0.15, -0.1) is 10.2 Å². The highest BCUT2D eigenvalue weighted by molar-refractivity contribution is 6.31. The lowest BCUT2D eigenvalue weighted by Gasteiger charge is -2.34. The zero-order valence-electron chi connectivity index (χ0n) is 15.1. The highest BCUT2D eigenvalue weighted by Gasteiger charge is 2.20. The molecule has 1 aliphatic heterocycles. The summed E-state index contributed by atoms with van der Waals surface area (Å²) < 4.78 is 5.22. The molecule has 27 heavy (non-hydrogen) atoms. The van der Waals surface area contributed by atoms with Crippen molar-refractivity contribution in [2.45, 2.75) is 6.92 Å². The van der Waals surface area contributed by atoms with E-state index < -0.39 is 5.91 Å². The van der Waals surface area contributed by atoms with Crippen LogP contribution in [0.4, 0.5) is 11.5 Å². The average molecular weight is 390 g/mol. The SMILES string of the molecule is COc1ccc(Cl)cc1NC(=O)c1ccc(N2CCN(C(C)=O)CC2)nn1. The van der Waals surface area contributed by atoms with Crippen molar-refractivity contribution in [3.8, 4) is 5.75 Å². The van der Waals surface area contributed by atoms with E-state index in [0.29, 0.717) is 48.5 Å². The number of ether oxygens (including phenoxy) is 1. The maximum Gasteiger partial charge on any atom is 0.276 e. The molecule has 1 fully saturated rings. The molecule has 3 rings (SSSR count). The van der Waals surface area contributed by atoms with Crippen molar-refractivity contribution in [3.05, 3.63) is 41.0 Å². The largest absolute Gasteiger partial charge is 0.495 e. The van der Waals surface area contributed by atoms with Gasteiger partial charge in [-0.2, -0.15) is 0 Å². The number of halogens is 1. The number of methoxy groups -OCH3 is 1. The third-order valence-corrected chi connectivity index (χ3v) is 4.58. The number of hydrogen-bond acceptors (Lipinski definition) is 6. The van der Waals surface area contributed by atoms with Gasteiger partial charge in [-0.25, -0.2) is 0 Å². The Kier molecular flexibility index (Phi) is 5.75. The van der Waals surface area contributed by atoms with Crippen LogP contribution in [0.2, 0.25) is 5.02 Å². The number of nitrogens with zero attached hydrogens (tertiary/aromatic N) is 4. The molecule has 0 saturated carbocycles. The summed E-state index contributed by atoms with van der Waals surface area (Å²) in [6.45, 7) is 4.22. The van der Waals surface area contributed by atoms with Crippen LogP contribution in [0.5, 0.6) is 5.75 Å². The van der Waals surface area contributed by atoms with E-state index in [1.807, 2.05) is 4.90 Å². The van der Waals surface area contributed by atoms with E-state index in [2.05, 4.69) is 15.5 Å². The molecule has 0 spiro atoms. The lowest BCUT2D eigenvalue weighted by molar-refractivity contribution is -0.129. The molecule has 8 nitrogen and oxygen atoms in total. The minimum Gasteiger partial charge on any atom is -0.495 e. The van der Waals surface area contributed by atoms with Crippen molar-refractivity contribution >= 4 is 34.9 Å². The number of anilines is 2. The minimum absolute atomic E-state index is 0.0733. The molecular formula is C18H20ClN5O3. The third-order valence-electron chi connectivity index (χ3n) is 4.34. The van der Waals surface area contributed by atoms with Gasteiger partial charge in [0.2, 0.25) is 5.91 Å². The molecule has 2 aromatic rings. The number of piperazine rings is 1. The second kappa shape index (κ2) is 8.22. The first-order valence-corrected chi connectivity index (χ1v) is 8.85. The molecule has 0 radical (unpaired) electrons. The molecule has 1 saturated heterocycles. The van der Waals surface area contributed by atoms with E-state index in [9.17, 15) is 9.59 Å². The molecule has 142 valence electrons. The number of carbonyl (C=O) groups excluding carboxylic acids is 2. The summed E-state index contributed by atoms with van der Waals surface area (Å²) in [7, 11) is 1.51. The van der Waals surface area contributed by atoms with Crippen molar-refractivity contribution in [2.75, 3.05) is 43.5 Å². The second-order valence-electron chi connectivity index (χ2n) is 6.07. The monoisotopic (exact) mass is 389 g/mol. The van der Waals surface area contributed by atoms with E-state index >= 15 is 0 Å². The Morgan fingerprint density at radius 3 is 2.44 bits per heavy atom. The van der Waals surface area contributed by atoms with Gasteiger partial charge in [0.05, 0.1) is 12.8 Å². The summed E-state index contributed by atoms with van der Waals surface area (Å²) in [4.78, 5) is 27.7. The van der Waals surface area contributed by atoms with Gasteiger partial charge in [0.25, 0.3) is 5.91 Å². The summed E-state index contributed by atoms with van der Waals surface area (Å²) in [6, 6.07) is 8.32. The van der Waals surface area contributed by atoms with Gasteiger partial charge in [0.15, 0.2) is 11.5 Å². The topological polar surface area (TPSA) is 87.7 Å². The normalized spacial score (nSPS) is 14.0. The molecule has 0 bridgehead atoms. The molecule has 1 aliphatic rings. The van der Waals surface area contributed by atoms with Gasteiger partial charge in [0.1, 0.15) is 5.75 Å². The third kappa shape index (κ3) is 4.46. The average Bonchev–Trinajstić information content (AvgIpc) is 2.68. The Morgan fingerprint density at radius 1 is 1.11 bits per heavy atom. The fraction of sp³-hybridized carbons (Fsp3) is 0.333. The molecule has 0 unspecified atom stereocenters. The van der Waals surface area contributed by atoms with Crippen LogP contribution < -0.4 is 15.0 Å². The lowest BCUT2D eigenvalue weighted by Crippen LogP contribution is -2.48. The first kappa shape index (κ1) is 18.9. The molecule has 1 aromatic carbocycles. The maximum atomic E-state index is 12.4. The Bertz CT molecular complexity index is 835. The van der Waals surface area contributed by atoms with Crippen molar-refractivity contribution < 1.29 is 14.3 Å². The molecular weight excluding hydrogens is 370 g/mol. The van der Waals surface area contributed by atoms with Crippen molar-refractivity contribution in [2.24, 2.45) is 0 Å². The predicted octanol–water partition coefficient (Wildman–Crippen LogP) is 2.06. The Morgan fingerprint density at radius 2 is 1.85 bits per heavy atom. The van der Waals surface area contributed by atoms with Crippen LogP contribution in [0.25, 0.3) is 0 Å². The van der Waals surface area contributed by atoms with Gasteiger partial charge in [-0.3, -0.25) is 9.59 Å². The zero-order chi connectivity index (χ0) is 19.4. The van der Waals surface area contributed by atoms with Gasteiger partial charge < -0.3 is 19.9 Å². The molecule has 9 heteroatoms. The van der Waals surface area contributed by atoms with E-state index in [4.69, 9.17) is 16.3 Å². The van der Waals surface area contributed by atoms with Gasteiger partial charge in [-0.1, -0.05) is 11.6 Å². The van der Waals surface area contributed by atoms with Crippen LogP contribution in [0.1, 0.15) is 17.4 Å². The minimum atomic E-state index is -0.406. The van der Waals surface area contributed by atoms with Crippen LogP contribution in [-0.4, -0.2) is 60.2 Å². The number of nitrogens with one attached hydrogen (secondary N) is 1. The number of hydrogen-bond donors (Lipinski definition) is 1. The molecule has 2 heterocycles. The lowest BCUT2D eigenvalue weighted by atomic mass is 10.2.